The van der Waals surface area contributed by atoms with Gasteiger partial charge in [-0.15, -0.1) is 0 Å². The predicted molar refractivity (Wildman–Crippen MR) is 98.4 cm³/mol. The Hall–Kier alpha value is -3.48. The molecule has 1 aromatic carbocycles. The van der Waals surface area contributed by atoms with Crippen LogP contribution in [0.3, 0.4) is 0 Å². The van der Waals surface area contributed by atoms with Crippen molar-refractivity contribution in [1.29, 1.82) is 0 Å². The summed E-state index contributed by atoms with van der Waals surface area (Å²) in [6, 6.07) is 13.7. The van der Waals surface area contributed by atoms with E-state index in [1.54, 1.807) is 12.4 Å². The monoisotopic (exact) mass is 331 g/mol. The normalized spacial score (nSPS) is 10.8. The van der Waals surface area contributed by atoms with Gasteiger partial charge in [0.2, 0.25) is 5.95 Å². The average Bonchev–Trinajstić information content (AvgIpc) is 3.06. The van der Waals surface area contributed by atoms with Crippen molar-refractivity contribution >= 4 is 34.2 Å². The van der Waals surface area contributed by atoms with E-state index in [1.807, 2.05) is 61.3 Å². The third kappa shape index (κ3) is 2.99. The lowest BCUT2D eigenvalue weighted by molar-refractivity contribution is 1.04. The van der Waals surface area contributed by atoms with Crippen molar-refractivity contribution in [3.05, 3.63) is 60.6 Å². The first-order valence-corrected chi connectivity index (χ1v) is 7.90. The van der Waals surface area contributed by atoms with E-state index < -0.39 is 0 Å². The number of aromatic nitrogens is 5. The molecule has 0 unspecified atom stereocenters. The van der Waals surface area contributed by atoms with Gasteiger partial charge in [0.05, 0.1) is 23.1 Å². The highest BCUT2D eigenvalue weighted by Gasteiger charge is 2.13. The molecule has 7 heteroatoms. The van der Waals surface area contributed by atoms with Crippen LogP contribution in [0.1, 0.15) is 5.69 Å². The van der Waals surface area contributed by atoms with Crippen LogP contribution < -0.4 is 10.2 Å². The summed E-state index contributed by atoms with van der Waals surface area (Å²) in [7, 11) is 1.92. The fourth-order valence-electron chi connectivity index (χ4n) is 2.59. The molecule has 0 aliphatic rings. The zero-order chi connectivity index (χ0) is 17.2. The number of anilines is 4. The van der Waals surface area contributed by atoms with E-state index in [4.69, 9.17) is 4.98 Å². The van der Waals surface area contributed by atoms with Gasteiger partial charge in [0.25, 0.3) is 0 Å². The van der Waals surface area contributed by atoms with Crippen molar-refractivity contribution < 1.29 is 0 Å². The summed E-state index contributed by atoms with van der Waals surface area (Å²) in [6.45, 7) is 1.93. The number of fused-ring (bicyclic) bond motifs is 1. The van der Waals surface area contributed by atoms with Gasteiger partial charge < -0.3 is 10.2 Å². The van der Waals surface area contributed by atoms with Gasteiger partial charge in [0.1, 0.15) is 11.6 Å². The number of H-pyrrole nitrogens is 1. The molecule has 0 bridgehead atoms. The summed E-state index contributed by atoms with van der Waals surface area (Å²) >= 11 is 0. The first kappa shape index (κ1) is 15.1. The highest BCUT2D eigenvalue weighted by Crippen LogP contribution is 2.28. The lowest BCUT2D eigenvalue weighted by Gasteiger charge is -2.18. The minimum absolute atomic E-state index is 0.588. The maximum absolute atomic E-state index is 4.71. The van der Waals surface area contributed by atoms with Gasteiger partial charge >= 0.3 is 0 Å². The second-order valence-corrected chi connectivity index (χ2v) is 5.71. The Kier molecular flexibility index (Phi) is 3.74. The maximum atomic E-state index is 4.71. The van der Waals surface area contributed by atoms with E-state index in [0.29, 0.717) is 5.95 Å². The average molecular weight is 331 g/mol. The van der Waals surface area contributed by atoms with Gasteiger partial charge in [0, 0.05) is 24.7 Å². The summed E-state index contributed by atoms with van der Waals surface area (Å²) < 4.78 is 0. The molecule has 3 heterocycles. The Morgan fingerprint density at radius 2 is 1.96 bits per heavy atom. The molecule has 0 saturated heterocycles. The van der Waals surface area contributed by atoms with Crippen molar-refractivity contribution in [2.75, 3.05) is 17.3 Å². The van der Waals surface area contributed by atoms with E-state index >= 15 is 0 Å². The van der Waals surface area contributed by atoms with Crippen molar-refractivity contribution in [3.8, 4) is 0 Å². The van der Waals surface area contributed by atoms with Crippen LogP contribution in [0.15, 0.2) is 54.9 Å². The van der Waals surface area contributed by atoms with Crippen molar-refractivity contribution in [3.63, 3.8) is 0 Å². The third-order valence-electron chi connectivity index (χ3n) is 3.88. The van der Waals surface area contributed by atoms with E-state index in [9.17, 15) is 0 Å². The molecule has 0 aliphatic carbocycles. The number of hydrogen-bond acceptors (Lipinski definition) is 6. The summed E-state index contributed by atoms with van der Waals surface area (Å²) in [5.74, 6) is 2.10. The summed E-state index contributed by atoms with van der Waals surface area (Å²) in [4.78, 5) is 15.5. The third-order valence-corrected chi connectivity index (χ3v) is 3.88. The SMILES string of the molecule is Cc1cc(Nc2nc(N(C)c3cccnc3)nc3ccccc23)[nH]n1. The Bertz CT molecular complexity index is 1010. The molecule has 0 fully saturated rings. The van der Waals surface area contributed by atoms with Gasteiger partial charge in [-0.1, -0.05) is 12.1 Å². The smallest absolute Gasteiger partial charge is 0.232 e. The number of nitrogens with one attached hydrogen (secondary N) is 2. The molecule has 7 nitrogen and oxygen atoms in total. The van der Waals surface area contributed by atoms with Crippen LogP contribution in [0.2, 0.25) is 0 Å². The molecule has 0 radical (unpaired) electrons. The molecular weight excluding hydrogens is 314 g/mol. The molecule has 0 amide bonds. The van der Waals surface area contributed by atoms with Crippen LogP contribution in [0, 0.1) is 6.92 Å². The summed E-state index contributed by atoms with van der Waals surface area (Å²) in [6.07, 6.45) is 3.52. The lowest BCUT2D eigenvalue weighted by Crippen LogP contribution is -2.14. The second-order valence-electron chi connectivity index (χ2n) is 5.71. The molecule has 4 aromatic rings. The van der Waals surface area contributed by atoms with E-state index in [2.05, 4.69) is 25.5 Å². The highest BCUT2D eigenvalue weighted by molar-refractivity contribution is 5.91. The number of benzene rings is 1. The minimum atomic E-state index is 0.588. The number of aromatic amines is 1. The molecule has 0 spiro atoms. The molecule has 25 heavy (non-hydrogen) atoms. The number of para-hydroxylation sites is 1. The Morgan fingerprint density at radius 3 is 2.72 bits per heavy atom. The zero-order valence-electron chi connectivity index (χ0n) is 13.9. The molecular formula is C18H17N7. The number of nitrogens with zero attached hydrogens (tertiary/aromatic N) is 5. The van der Waals surface area contributed by atoms with Crippen LogP contribution >= 0.6 is 0 Å². The van der Waals surface area contributed by atoms with E-state index in [0.717, 1.165) is 33.9 Å². The van der Waals surface area contributed by atoms with Gasteiger partial charge in [-0.2, -0.15) is 10.1 Å². The highest BCUT2D eigenvalue weighted by atomic mass is 15.3. The van der Waals surface area contributed by atoms with Crippen molar-refractivity contribution in [1.82, 2.24) is 25.1 Å². The number of rotatable bonds is 4. The topological polar surface area (TPSA) is 82.6 Å². The second kappa shape index (κ2) is 6.20. The molecule has 3 aromatic heterocycles. The Labute approximate surface area is 144 Å². The zero-order valence-corrected chi connectivity index (χ0v) is 13.9. The molecule has 4 rings (SSSR count). The van der Waals surface area contributed by atoms with Gasteiger partial charge in [-0.3, -0.25) is 10.1 Å². The van der Waals surface area contributed by atoms with Crippen LogP contribution in [0.25, 0.3) is 10.9 Å². The van der Waals surface area contributed by atoms with E-state index in [1.165, 1.54) is 0 Å². The minimum Gasteiger partial charge on any atom is -0.325 e. The van der Waals surface area contributed by atoms with Gasteiger partial charge in [-0.25, -0.2) is 4.98 Å². The van der Waals surface area contributed by atoms with Crippen LogP contribution in [-0.2, 0) is 0 Å². The van der Waals surface area contributed by atoms with Crippen LogP contribution in [0.4, 0.5) is 23.3 Å². The molecule has 124 valence electrons. The molecule has 0 saturated carbocycles. The molecule has 0 atom stereocenters. The maximum Gasteiger partial charge on any atom is 0.232 e. The standard InChI is InChI=1S/C18H17N7/c1-12-10-16(24-23-12)21-17-14-7-3-4-8-15(14)20-18(22-17)25(2)13-6-5-9-19-11-13/h3-11H,1-2H3,(H2,20,21,22,23,24). The first-order chi connectivity index (χ1) is 12.2. The largest absolute Gasteiger partial charge is 0.325 e. The quantitative estimate of drug-likeness (QED) is 0.595. The molecule has 0 aliphatic heterocycles. The van der Waals surface area contributed by atoms with Crippen LogP contribution in [0.5, 0.6) is 0 Å². The predicted octanol–water partition coefficient (Wildman–Crippen LogP) is 3.57. The summed E-state index contributed by atoms with van der Waals surface area (Å²) in [5, 5.41) is 11.3. The fourth-order valence-corrected chi connectivity index (χ4v) is 2.59. The Morgan fingerprint density at radius 1 is 1.08 bits per heavy atom. The first-order valence-electron chi connectivity index (χ1n) is 7.90. The summed E-state index contributed by atoms with van der Waals surface area (Å²) in [5.41, 5.74) is 2.69. The number of hydrogen-bond donors (Lipinski definition) is 2. The van der Waals surface area contributed by atoms with Crippen molar-refractivity contribution in [2.24, 2.45) is 0 Å². The van der Waals surface area contributed by atoms with Gasteiger partial charge in [-0.05, 0) is 31.2 Å². The lowest BCUT2D eigenvalue weighted by atomic mass is 10.2. The van der Waals surface area contributed by atoms with Crippen LogP contribution in [-0.4, -0.2) is 32.2 Å². The number of aryl methyl sites for hydroxylation is 1. The van der Waals surface area contributed by atoms with E-state index in [-0.39, 0.29) is 0 Å². The number of pyridine rings is 1. The molecule has 2 N–H and O–H groups in total. The van der Waals surface area contributed by atoms with Gasteiger partial charge in [0.15, 0.2) is 0 Å². The van der Waals surface area contributed by atoms with Crippen molar-refractivity contribution in [2.45, 2.75) is 6.92 Å². The fraction of sp³-hybridized carbons (Fsp3) is 0.111. The Balaban J connectivity index is 1.80.